The van der Waals surface area contributed by atoms with Crippen LogP contribution in [-0.2, 0) is 9.53 Å². The van der Waals surface area contributed by atoms with Crippen LogP contribution in [0, 0.1) is 24.0 Å². The van der Waals surface area contributed by atoms with Gasteiger partial charge in [0.2, 0.25) is 0 Å². The molecule has 25 heavy (non-hydrogen) atoms. The first-order valence-electron chi connectivity index (χ1n) is 7.26. The van der Waals surface area contributed by atoms with Crippen molar-refractivity contribution < 1.29 is 19.2 Å². The minimum Gasteiger partial charge on any atom is -0.452 e. The van der Waals surface area contributed by atoms with Crippen molar-refractivity contribution in [2.45, 2.75) is 13.8 Å². The van der Waals surface area contributed by atoms with Gasteiger partial charge in [0.25, 0.3) is 11.6 Å². The fraction of sp³-hybridized carbons (Fsp3) is 0.176. The van der Waals surface area contributed by atoms with Gasteiger partial charge in [-0.2, -0.15) is 0 Å². The molecule has 2 aromatic rings. The number of amides is 1. The van der Waals surface area contributed by atoms with Crippen molar-refractivity contribution in [3.8, 4) is 0 Å². The minimum absolute atomic E-state index is 0.198. The van der Waals surface area contributed by atoms with E-state index in [0.29, 0.717) is 16.3 Å². The molecule has 1 N–H and O–H groups in total. The number of carbonyl (C=O) groups excluding carboxylic acids is 2. The lowest BCUT2D eigenvalue weighted by molar-refractivity contribution is -0.385. The highest BCUT2D eigenvalue weighted by Crippen LogP contribution is 2.24. The van der Waals surface area contributed by atoms with Gasteiger partial charge in [0.15, 0.2) is 6.61 Å². The third kappa shape index (κ3) is 4.54. The highest BCUT2D eigenvalue weighted by Gasteiger charge is 2.24. The zero-order valence-electron chi connectivity index (χ0n) is 13.5. The van der Waals surface area contributed by atoms with Gasteiger partial charge in [0, 0.05) is 16.3 Å². The van der Waals surface area contributed by atoms with Gasteiger partial charge in [-0.3, -0.25) is 14.9 Å². The fourth-order valence-electron chi connectivity index (χ4n) is 2.14. The Morgan fingerprint density at radius 2 is 1.92 bits per heavy atom. The van der Waals surface area contributed by atoms with E-state index in [-0.39, 0.29) is 11.3 Å². The molecule has 7 nitrogen and oxygen atoms in total. The second-order valence-electron chi connectivity index (χ2n) is 5.32. The molecular weight excluding hydrogens is 348 g/mol. The van der Waals surface area contributed by atoms with Crippen LogP contribution < -0.4 is 5.32 Å². The Morgan fingerprint density at radius 3 is 2.56 bits per heavy atom. The van der Waals surface area contributed by atoms with Crippen LogP contribution in [0.5, 0.6) is 0 Å². The molecule has 0 unspecified atom stereocenters. The number of hydrogen-bond acceptors (Lipinski definition) is 5. The van der Waals surface area contributed by atoms with E-state index >= 15 is 0 Å². The number of nitro benzene ring substituents is 1. The van der Waals surface area contributed by atoms with Crippen LogP contribution in [0.1, 0.15) is 21.5 Å². The first-order chi connectivity index (χ1) is 11.8. The molecule has 2 aromatic carbocycles. The number of halogens is 1. The molecule has 0 aliphatic rings. The number of nitrogens with one attached hydrogen (secondary N) is 1. The van der Waals surface area contributed by atoms with Gasteiger partial charge in [-0.05, 0) is 37.6 Å². The van der Waals surface area contributed by atoms with E-state index in [0.717, 1.165) is 5.56 Å². The van der Waals surface area contributed by atoms with Crippen molar-refractivity contribution >= 4 is 34.9 Å². The predicted octanol–water partition coefficient (Wildman–Crippen LogP) is 3.66. The monoisotopic (exact) mass is 362 g/mol. The molecule has 0 fully saturated rings. The Kier molecular flexibility index (Phi) is 5.71. The summed E-state index contributed by atoms with van der Waals surface area (Å²) in [5.41, 5.74) is 1.11. The van der Waals surface area contributed by atoms with Crippen molar-refractivity contribution in [2.75, 3.05) is 11.9 Å². The average molecular weight is 363 g/mol. The van der Waals surface area contributed by atoms with E-state index in [2.05, 4.69) is 5.32 Å². The second kappa shape index (κ2) is 7.76. The van der Waals surface area contributed by atoms with Crippen molar-refractivity contribution in [3.05, 3.63) is 68.2 Å². The first-order valence-corrected chi connectivity index (χ1v) is 7.64. The summed E-state index contributed by atoms with van der Waals surface area (Å²) < 4.78 is 4.87. The number of aryl methyl sites for hydroxylation is 2. The molecule has 0 bridgehead atoms. The maximum absolute atomic E-state index is 12.1. The highest BCUT2D eigenvalue weighted by molar-refractivity contribution is 6.31. The molecular formula is C17H15ClN2O5. The Balaban J connectivity index is 2.02. The first kappa shape index (κ1) is 18.4. The van der Waals surface area contributed by atoms with Gasteiger partial charge >= 0.3 is 5.97 Å². The maximum Gasteiger partial charge on any atom is 0.345 e. The summed E-state index contributed by atoms with van der Waals surface area (Å²) in [6.07, 6.45) is 0. The standard InChI is InChI=1S/C17H15ClN2O5/c1-10-6-7-12(8-14(10)18)19-15(21)9-25-17(22)13-5-3-4-11(2)16(13)20(23)24/h3-8H,9H2,1-2H3,(H,19,21). The molecule has 0 radical (unpaired) electrons. The molecule has 0 aliphatic carbocycles. The number of rotatable bonds is 5. The molecule has 130 valence electrons. The molecule has 0 aliphatic heterocycles. The normalized spacial score (nSPS) is 10.2. The summed E-state index contributed by atoms with van der Waals surface area (Å²) in [6, 6.07) is 9.27. The number of para-hydroxylation sites is 1. The summed E-state index contributed by atoms with van der Waals surface area (Å²) in [6.45, 7) is 2.77. The summed E-state index contributed by atoms with van der Waals surface area (Å²) in [5, 5.41) is 14.1. The van der Waals surface area contributed by atoms with Crippen molar-refractivity contribution in [2.24, 2.45) is 0 Å². The average Bonchev–Trinajstić information content (AvgIpc) is 2.55. The van der Waals surface area contributed by atoms with Crippen LogP contribution in [0.2, 0.25) is 5.02 Å². The van der Waals surface area contributed by atoms with Crippen molar-refractivity contribution in [1.82, 2.24) is 0 Å². The van der Waals surface area contributed by atoms with E-state index in [1.807, 2.05) is 6.92 Å². The van der Waals surface area contributed by atoms with Crippen molar-refractivity contribution in [3.63, 3.8) is 0 Å². The number of ether oxygens (including phenoxy) is 1. The Bertz CT molecular complexity index is 851. The van der Waals surface area contributed by atoms with Gasteiger partial charge in [-0.25, -0.2) is 4.79 Å². The second-order valence-corrected chi connectivity index (χ2v) is 5.72. The molecule has 0 atom stereocenters. The van der Waals surface area contributed by atoms with Crippen LogP contribution in [-0.4, -0.2) is 23.4 Å². The Hall–Kier alpha value is -2.93. The highest BCUT2D eigenvalue weighted by atomic mass is 35.5. The zero-order valence-corrected chi connectivity index (χ0v) is 14.3. The van der Waals surface area contributed by atoms with Gasteiger partial charge in [-0.15, -0.1) is 0 Å². The smallest absolute Gasteiger partial charge is 0.345 e. The molecule has 1 amide bonds. The summed E-state index contributed by atoms with van der Waals surface area (Å²) >= 11 is 5.97. The van der Waals surface area contributed by atoms with Crippen LogP contribution >= 0.6 is 11.6 Å². The molecule has 0 aromatic heterocycles. The van der Waals surface area contributed by atoms with Gasteiger partial charge in [0.1, 0.15) is 5.56 Å². The minimum atomic E-state index is -0.938. The number of nitro groups is 1. The number of benzene rings is 2. The number of carbonyl (C=O) groups is 2. The molecule has 2 rings (SSSR count). The zero-order chi connectivity index (χ0) is 18.6. The molecule has 0 heterocycles. The summed E-state index contributed by atoms with van der Waals surface area (Å²) in [7, 11) is 0. The Morgan fingerprint density at radius 1 is 1.20 bits per heavy atom. The van der Waals surface area contributed by atoms with E-state index in [1.165, 1.54) is 25.1 Å². The molecule has 0 saturated heterocycles. The van der Waals surface area contributed by atoms with Crippen molar-refractivity contribution in [1.29, 1.82) is 0 Å². The van der Waals surface area contributed by atoms with E-state index in [9.17, 15) is 19.7 Å². The predicted molar refractivity (Wildman–Crippen MR) is 92.9 cm³/mol. The maximum atomic E-state index is 12.1. The Labute approximate surface area is 148 Å². The number of hydrogen-bond donors (Lipinski definition) is 1. The summed E-state index contributed by atoms with van der Waals surface area (Å²) in [5.74, 6) is -1.52. The topological polar surface area (TPSA) is 98.5 Å². The van der Waals surface area contributed by atoms with Gasteiger partial charge in [0.05, 0.1) is 4.92 Å². The molecule has 8 heteroatoms. The van der Waals surface area contributed by atoms with Crippen LogP contribution in [0.15, 0.2) is 36.4 Å². The third-order valence-electron chi connectivity index (χ3n) is 3.43. The third-order valence-corrected chi connectivity index (χ3v) is 3.84. The SMILES string of the molecule is Cc1ccc(NC(=O)COC(=O)c2cccc(C)c2[N+](=O)[O-])cc1Cl. The molecule has 0 spiro atoms. The summed E-state index contributed by atoms with van der Waals surface area (Å²) in [4.78, 5) is 34.4. The van der Waals surface area contributed by atoms with Crippen LogP contribution in [0.4, 0.5) is 11.4 Å². The number of nitrogens with zero attached hydrogens (tertiary/aromatic N) is 1. The van der Waals surface area contributed by atoms with E-state index < -0.39 is 23.4 Å². The van der Waals surface area contributed by atoms with Gasteiger partial charge < -0.3 is 10.1 Å². The lowest BCUT2D eigenvalue weighted by Crippen LogP contribution is -2.21. The van der Waals surface area contributed by atoms with E-state index in [4.69, 9.17) is 16.3 Å². The van der Waals surface area contributed by atoms with Crippen LogP contribution in [0.25, 0.3) is 0 Å². The largest absolute Gasteiger partial charge is 0.452 e. The van der Waals surface area contributed by atoms with Crippen LogP contribution in [0.3, 0.4) is 0 Å². The lowest BCUT2D eigenvalue weighted by atomic mass is 10.1. The quantitative estimate of drug-likeness (QED) is 0.497. The van der Waals surface area contributed by atoms with E-state index in [1.54, 1.807) is 18.2 Å². The fourth-order valence-corrected chi connectivity index (χ4v) is 2.32. The lowest BCUT2D eigenvalue weighted by Gasteiger charge is -2.08. The molecule has 0 saturated carbocycles. The number of anilines is 1. The van der Waals surface area contributed by atoms with Gasteiger partial charge in [-0.1, -0.05) is 29.8 Å². The number of esters is 1.